The van der Waals surface area contributed by atoms with Crippen molar-refractivity contribution in [2.24, 2.45) is 7.05 Å². The Kier molecular flexibility index (Phi) is 3.98. The standard InChI is InChI=1S/C15H18F3N3/c1-9(19-14-10(2)20-21(4)11(14)3)12-6-5-7-13(8-12)15(16,17)18/h5-9,19H,1-4H3. The molecule has 1 heterocycles. The van der Waals surface area contributed by atoms with Crippen LogP contribution in [0.3, 0.4) is 0 Å². The summed E-state index contributed by atoms with van der Waals surface area (Å²) in [5.74, 6) is 0. The van der Waals surface area contributed by atoms with Crippen molar-refractivity contribution >= 4 is 5.69 Å². The summed E-state index contributed by atoms with van der Waals surface area (Å²) in [6, 6.07) is 5.14. The van der Waals surface area contributed by atoms with Gasteiger partial charge in [0.1, 0.15) is 0 Å². The quantitative estimate of drug-likeness (QED) is 0.919. The molecule has 0 aliphatic carbocycles. The number of alkyl halides is 3. The van der Waals surface area contributed by atoms with Crippen molar-refractivity contribution in [3.63, 3.8) is 0 Å². The first-order valence-electron chi connectivity index (χ1n) is 6.64. The molecule has 21 heavy (non-hydrogen) atoms. The predicted octanol–water partition coefficient (Wildman–Crippen LogP) is 4.23. The van der Waals surface area contributed by atoms with Crippen LogP contribution in [0.25, 0.3) is 0 Å². The number of nitrogens with zero attached hydrogens (tertiary/aromatic N) is 2. The Balaban J connectivity index is 2.27. The van der Waals surface area contributed by atoms with E-state index in [1.165, 1.54) is 12.1 Å². The van der Waals surface area contributed by atoms with Crippen molar-refractivity contribution in [3.8, 4) is 0 Å². The topological polar surface area (TPSA) is 29.9 Å². The molecule has 1 aromatic carbocycles. The summed E-state index contributed by atoms with van der Waals surface area (Å²) in [5, 5.41) is 7.53. The van der Waals surface area contributed by atoms with Crippen LogP contribution in [-0.2, 0) is 13.2 Å². The van der Waals surface area contributed by atoms with Crippen LogP contribution in [-0.4, -0.2) is 9.78 Å². The van der Waals surface area contributed by atoms with Crippen LogP contribution in [0.4, 0.5) is 18.9 Å². The first-order chi connectivity index (χ1) is 9.70. The molecular weight excluding hydrogens is 279 g/mol. The van der Waals surface area contributed by atoms with Crippen LogP contribution in [0.2, 0.25) is 0 Å². The zero-order chi connectivity index (χ0) is 15.8. The highest BCUT2D eigenvalue weighted by Crippen LogP contribution is 2.32. The van der Waals surface area contributed by atoms with Crippen LogP contribution in [0.1, 0.15) is 35.5 Å². The van der Waals surface area contributed by atoms with E-state index in [0.717, 1.165) is 23.1 Å². The van der Waals surface area contributed by atoms with E-state index in [0.29, 0.717) is 5.56 Å². The molecule has 0 radical (unpaired) electrons. The van der Waals surface area contributed by atoms with E-state index in [-0.39, 0.29) is 6.04 Å². The summed E-state index contributed by atoms with van der Waals surface area (Å²) in [6.45, 7) is 5.62. The van der Waals surface area contributed by atoms with E-state index in [1.54, 1.807) is 10.7 Å². The van der Waals surface area contributed by atoms with Gasteiger partial charge >= 0.3 is 6.18 Å². The molecule has 0 amide bonds. The molecule has 0 saturated heterocycles. The number of nitrogens with one attached hydrogen (secondary N) is 1. The molecule has 114 valence electrons. The fraction of sp³-hybridized carbons (Fsp3) is 0.400. The number of anilines is 1. The number of halogens is 3. The van der Waals surface area contributed by atoms with E-state index in [2.05, 4.69) is 10.4 Å². The van der Waals surface area contributed by atoms with Crippen molar-refractivity contribution in [2.75, 3.05) is 5.32 Å². The van der Waals surface area contributed by atoms with Gasteiger partial charge in [0.15, 0.2) is 0 Å². The SMILES string of the molecule is Cc1nn(C)c(C)c1NC(C)c1cccc(C(F)(F)F)c1. The number of rotatable bonds is 3. The number of hydrogen-bond acceptors (Lipinski definition) is 2. The van der Waals surface area contributed by atoms with Gasteiger partial charge in [0.05, 0.1) is 22.6 Å². The van der Waals surface area contributed by atoms with Crippen molar-refractivity contribution in [2.45, 2.75) is 33.0 Å². The summed E-state index contributed by atoms with van der Waals surface area (Å²) >= 11 is 0. The van der Waals surface area contributed by atoms with E-state index >= 15 is 0 Å². The maximum Gasteiger partial charge on any atom is 0.416 e. The summed E-state index contributed by atoms with van der Waals surface area (Å²) in [6.07, 6.45) is -4.32. The summed E-state index contributed by atoms with van der Waals surface area (Å²) < 4.78 is 40.0. The Labute approximate surface area is 121 Å². The number of aryl methyl sites for hydroxylation is 2. The van der Waals surface area contributed by atoms with Crippen LogP contribution in [0.15, 0.2) is 24.3 Å². The molecule has 0 aliphatic heterocycles. The third-order valence-electron chi connectivity index (χ3n) is 3.58. The van der Waals surface area contributed by atoms with E-state index in [9.17, 15) is 13.2 Å². The van der Waals surface area contributed by atoms with E-state index in [1.807, 2.05) is 27.8 Å². The average Bonchev–Trinajstić information content (AvgIpc) is 2.64. The predicted molar refractivity (Wildman–Crippen MR) is 76.2 cm³/mol. The Morgan fingerprint density at radius 3 is 2.43 bits per heavy atom. The Morgan fingerprint density at radius 2 is 1.90 bits per heavy atom. The molecule has 1 N–H and O–H groups in total. The summed E-state index contributed by atoms with van der Waals surface area (Å²) in [5.41, 5.74) is 2.60. The van der Waals surface area contributed by atoms with Crippen LogP contribution < -0.4 is 5.32 Å². The van der Waals surface area contributed by atoms with Gasteiger partial charge < -0.3 is 5.32 Å². The minimum absolute atomic E-state index is 0.242. The lowest BCUT2D eigenvalue weighted by molar-refractivity contribution is -0.137. The molecular formula is C15H18F3N3. The Hall–Kier alpha value is -1.98. The highest BCUT2D eigenvalue weighted by molar-refractivity contribution is 5.53. The van der Waals surface area contributed by atoms with Gasteiger partial charge in [-0.15, -0.1) is 0 Å². The normalized spacial score (nSPS) is 13.3. The maximum absolute atomic E-state index is 12.8. The van der Waals surface area contributed by atoms with Crippen molar-refractivity contribution in [1.82, 2.24) is 9.78 Å². The van der Waals surface area contributed by atoms with E-state index in [4.69, 9.17) is 0 Å². The molecule has 0 fully saturated rings. The largest absolute Gasteiger partial charge is 0.416 e. The lowest BCUT2D eigenvalue weighted by Gasteiger charge is -2.17. The lowest BCUT2D eigenvalue weighted by atomic mass is 10.0. The molecule has 1 aromatic heterocycles. The second-order valence-electron chi connectivity index (χ2n) is 5.16. The zero-order valence-corrected chi connectivity index (χ0v) is 12.4. The third-order valence-corrected chi connectivity index (χ3v) is 3.58. The molecule has 2 rings (SSSR count). The van der Waals surface area contributed by atoms with Gasteiger partial charge in [-0.1, -0.05) is 12.1 Å². The fourth-order valence-corrected chi connectivity index (χ4v) is 2.27. The monoisotopic (exact) mass is 297 g/mol. The molecule has 1 atom stereocenters. The smallest absolute Gasteiger partial charge is 0.376 e. The first kappa shape index (κ1) is 15.4. The van der Waals surface area contributed by atoms with Crippen LogP contribution in [0.5, 0.6) is 0 Å². The fourth-order valence-electron chi connectivity index (χ4n) is 2.27. The Bertz CT molecular complexity index is 644. The minimum Gasteiger partial charge on any atom is -0.376 e. The molecule has 1 unspecified atom stereocenters. The molecule has 2 aromatic rings. The highest BCUT2D eigenvalue weighted by atomic mass is 19.4. The zero-order valence-electron chi connectivity index (χ0n) is 12.4. The maximum atomic E-state index is 12.8. The number of hydrogen-bond donors (Lipinski definition) is 1. The number of benzene rings is 1. The van der Waals surface area contributed by atoms with Gasteiger partial charge in [-0.25, -0.2) is 0 Å². The van der Waals surface area contributed by atoms with Crippen molar-refractivity contribution in [1.29, 1.82) is 0 Å². The molecule has 0 spiro atoms. The molecule has 3 nitrogen and oxygen atoms in total. The molecule has 6 heteroatoms. The Morgan fingerprint density at radius 1 is 1.24 bits per heavy atom. The molecule has 0 aliphatic rings. The van der Waals surface area contributed by atoms with Gasteiger partial charge in [-0.05, 0) is 38.5 Å². The highest BCUT2D eigenvalue weighted by Gasteiger charge is 2.30. The minimum atomic E-state index is -4.32. The first-order valence-corrected chi connectivity index (χ1v) is 6.64. The van der Waals surface area contributed by atoms with Gasteiger partial charge in [-0.2, -0.15) is 18.3 Å². The van der Waals surface area contributed by atoms with E-state index < -0.39 is 11.7 Å². The van der Waals surface area contributed by atoms with Crippen LogP contribution >= 0.6 is 0 Å². The van der Waals surface area contributed by atoms with Crippen molar-refractivity contribution < 1.29 is 13.2 Å². The van der Waals surface area contributed by atoms with Gasteiger partial charge in [0.25, 0.3) is 0 Å². The van der Waals surface area contributed by atoms with Gasteiger partial charge in [0.2, 0.25) is 0 Å². The number of aromatic nitrogens is 2. The molecule has 0 saturated carbocycles. The second kappa shape index (κ2) is 5.42. The average molecular weight is 297 g/mol. The van der Waals surface area contributed by atoms with Crippen molar-refractivity contribution in [3.05, 3.63) is 46.8 Å². The third kappa shape index (κ3) is 3.20. The summed E-state index contributed by atoms with van der Waals surface area (Å²) in [7, 11) is 1.84. The summed E-state index contributed by atoms with van der Waals surface area (Å²) in [4.78, 5) is 0. The molecule has 0 bridgehead atoms. The second-order valence-corrected chi connectivity index (χ2v) is 5.16. The van der Waals surface area contributed by atoms with Gasteiger partial charge in [-0.3, -0.25) is 4.68 Å². The van der Waals surface area contributed by atoms with Crippen LogP contribution in [0, 0.1) is 13.8 Å². The lowest BCUT2D eigenvalue weighted by Crippen LogP contribution is -2.11. The van der Waals surface area contributed by atoms with Gasteiger partial charge in [0, 0.05) is 13.1 Å².